The molecular weight excluding hydrogens is 294 g/mol. The van der Waals surface area contributed by atoms with E-state index in [-0.39, 0.29) is 0 Å². The third-order valence-corrected chi connectivity index (χ3v) is 4.64. The van der Waals surface area contributed by atoms with Crippen molar-refractivity contribution in [2.75, 3.05) is 20.8 Å². The van der Waals surface area contributed by atoms with E-state index in [1.54, 1.807) is 26.4 Å². The molecule has 1 N–H and O–H groups in total. The first-order valence-electron chi connectivity index (χ1n) is 6.64. The summed E-state index contributed by atoms with van der Waals surface area (Å²) in [7, 11) is -0.543. The fourth-order valence-corrected chi connectivity index (χ4v) is 3.76. The summed E-state index contributed by atoms with van der Waals surface area (Å²) < 4.78 is 40.7. The van der Waals surface area contributed by atoms with E-state index >= 15 is 0 Å². The van der Waals surface area contributed by atoms with Crippen molar-refractivity contribution in [1.29, 1.82) is 0 Å². The number of amidine groups is 1. The maximum atomic E-state index is 11.9. The van der Waals surface area contributed by atoms with Gasteiger partial charge in [-0.25, -0.2) is 0 Å². The van der Waals surface area contributed by atoms with Gasteiger partial charge < -0.3 is 14.4 Å². The van der Waals surface area contributed by atoms with Crippen LogP contribution in [0, 0.1) is 0 Å². The Balaban J connectivity index is 2.05. The van der Waals surface area contributed by atoms with Crippen LogP contribution in [-0.2, 0) is 10.2 Å². The summed E-state index contributed by atoms with van der Waals surface area (Å²) in [5, 5.41) is 0. The van der Waals surface area contributed by atoms with Crippen LogP contribution >= 0.6 is 0 Å². The van der Waals surface area contributed by atoms with E-state index in [0.29, 0.717) is 23.8 Å². The molecule has 0 radical (unpaired) electrons. The predicted molar refractivity (Wildman–Crippen MR) is 77.7 cm³/mol. The molecule has 3 rings (SSSR count). The molecule has 1 unspecified atom stereocenters. The van der Waals surface area contributed by atoms with Crippen LogP contribution in [-0.4, -0.2) is 39.9 Å². The lowest BCUT2D eigenvalue weighted by molar-refractivity contribution is 0.302. The molecule has 0 spiro atoms. The minimum atomic E-state index is -3.67. The highest BCUT2D eigenvalue weighted by atomic mass is 32.2. The number of rotatable bonds is 3. The number of nitrogens with zero attached hydrogens (tertiary/aromatic N) is 2. The molecule has 8 heteroatoms. The molecule has 1 saturated heterocycles. The standard InChI is InChI=1S/C13H17N3O4S/c1-19-9-5-6-10(11(8-9)20-2)13-15-21(17,18)14-12-4-3-7-16(12)13/h5-6,8,13,15H,3-4,7H2,1-2H3. The van der Waals surface area contributed by atoms with E-state index in [1.807, 2.05) is 11.0 Å². The van der Waals surface area contributed by atoms with Gasteiger partial charge in [0, 0.05) is 24.6 Å². The number of benzene rings is 1. The van der Waals surface area contributed by atoms with Crippen LogP contribution in [0.1, 0.15) is 24.6 Å². The zero-order chi connectivity index (χ0) is 15.0. The smallest absolute Gasteiger partial charge is 0.323 e. The lowest BCUT2D eigenvalue weighted by Gasteiger charge is -2.34. The number of hydrogen-bond donors (Lipinski definition) is 1. The quantitative estimate of drug-likeness (QED) is 0.902. The maximum Gasteiger partial charge on any atom is 0.323 e. The zero-order valence-electron chi connectivity index (χ0n) is 11.9. The van der Waals surface area contributed by atoms with Crippen molar-refractivity contribution in [3.8, 4) is 11.5 Å². The van der Waals surface area contributed by atoms with Crippen LogP contribution in [0.25, 0.3) is 0 Å². The number of hydrogen-bond acceptors (Lipinski definition) is 5. The molecule has 0 aliphatic carbocycles. The van der Waals surface area contributed by atoms with E-state index in [2.05, 4.69) is 9.12 Å². The summed E-state index contributed by atoms with van der Waals surface area (Å²) in [6.07, 6.45) is 1.08. The maximum absolute atomic E-state index is 11.9. The van der Waals surface area contributed by atoms with Gasteiger partial charge in [0.25, 0.3) is 0 Å². The first kappa shape index (κ1) is 14.2. The minimum absolute atomic E-state index is 0.495. The number of methoxy groups -OCH3 is 2. The number of nitrogens with one attached hydrogen (secondary N) is 1. The number of fused-ring (bicyclic) bond motifs is 1. The van der Waals surface area contributed by atoms with Gasteiger partial charge >= 0.3 is 10.2 Å². The monoisotopic (exact) mass is 311 g/mol. The molecule has 0 aromatic heterocycles. The minimum Gasteiger partial charge on any atom is -0.497 e. The third kappa shape index (κ3) is 2.56. The van der Waals surface area contributed by atoms with Crippen LogP contribution in [0.4, 0.5) is 0 Å². The van der Waals surface area contributed by atoms with Gasteiger partial charge in [-0.3, -0.25) is 0 Å². The van der Waals surface area contributed by atoms with Gasteiger partial charge in [0.1, 0.15) is 23.5 Å². The van der Waals surface area contributed by atoms with Gasteiger partial charge in [-0.1, -0.05) is 0 Å². The molecule has 0 amide bonds. The fourth-order valence-electron chi connectivity index (χ4n) is 2.70. The molecule has 1 fully saturated rings. The van der Waals surface area contributed by atoms with Crippen LogP contribution in [0.3, 0.4) is 0 Å². The van der Waals surface area contributed by atoms with Gasteiger partial charge in [-0.05, 0) is 18.6 Å². The van der Waals surface area contributed by atoms with Crippen molar-refractivity contribution in [1.82, 2.24) is 9.62 Å². The molecule has 2 aliphatic heterocycles. The molecule has 0 bridgehead atoms. The summed E-state index contributed by atoms with van der Waals surface area (Å²) in [5.41, 5.74) is 0.746. The van der Waals surface area contributed by atoms with Crippen LogP contribution in [0.2, 0.25) is 0 Å². The average Bonchev–Trinajstić information content (AvgIpc) is 2.92. The van der Waals surface area contributed by atoms with E-state index in [4.69, 9.17) is 9.47 Å². The number of ether oxygens (including phenoxy) is 2. The topological polar surface area (TPSA) is 80.2 Å². The first-order chi connectivity index (χ1) is 10.0. The molecule has 21 heavy (non-hydrogen) atoms. The normalized spacial score (nSPS) is 23.4. The summed E-state index contributed by atoms with van der Waals surface area (Å²) >= 11 is 0. The summed E-state index contributed by atoms with van der Waals surface area (Å²) in [6, 6.07) is 5.34. The second-order valence-electron chi connectivity index (χ2n) is 4.91. The molecule has 0 saturated carbocycles. The third-order valence-electron chi connectivity index (χ3n) is 3.66. The van der Waals surface area contributed by atoms with Crippen molar-refractivity contribution in [3.05, 3.63) is 23.8 Å². The SMILES string of the molecule is COc1ccc(C2NS(=O)(=O)N=C3CCCN32)c(OC)c1. The summed E-state index contributed by atoms with van der Waals surface area (Å²) in [5.74, 6) is 1.84. The van der Waals surface area contributed by atoms with Crippen molar-refractivity contribution in [2.45, 2.75) is 19.0 Å². The highest BCUT2D eigenvalue weighted by Gasteiger charge is 2.37. The predicted octanol–water partition coefficient (Wildman–Crippen LogP) is 1.04. The lowest BCUT2D eigenvalue weighted by atomic mass is 10.1. The van der Waals surface area contributed by atoms with E-state index in [0.717, 1.165) is 18.5 Å². The fraction of sp³-hybridized carbons (Fsp3) is 0.462. The Bertz CT molecular complexity index is 687. The Hall–Kier alpha value is -1.80. The Morgan fingerprint density at radius 3 is 2.86 bits per heavy atom. The van der Waals surface area contributed by atoms with Crippen LogP contribution < -0.4 is 14.2 Å². The van der Waals surface area contributed by atoms with Crippen LogP contribution in [0.15, 0.2) is 22.6 Å². The van der Waals surface area contributed by atoms with E-state index in [1.165, 1.54) is 0 Å². The lowest BCUT2D eigenvalue weighted by Crippen LogP contribution is -2.46. The largest absolute Gasteiger partial charge is 0.497 e. The van der Waals surface area contributed by atoms with Gasteiger partial charge in [-0.15, -0.1) is 4.40 Å². The second-order valence-corrected chi connectivity index (χ2v) is 6.28. The highest BCUT2D eigenvalue weighted by Crippen LogP contribution is 2.35. The molecule has 1 aromatic carbocycles. The highest BCUT2D eigenvalue weighted by molar-refractivity contribution is 7.88. The van der Waals surface area contributed by atoms with Gasteiger partial charge in [0.05, 0.1) is 14.2 Å². The average molecular weight is 311 g/mol. The van der Waals surface area contributed by atoms with Gasteiger partial charge in [0.2, 0.25) is 0 Å². The molecule has 114 valence electrons. The molecule has 2 heterocycles. The Morgan fingerprint density at radius 2 is 2.14 bits per heavy atom. The molecular formula is C13H17N3O4S. The second kappa shape index (κ2) is 5.19. The summed E-state index contributed by atoms with van der Waals surface area (Å²) in [4.78, 5) is 1.96. The Morgan fingerprint density at radius 1 is 1.33 bits per heavy atom. The van der Waals surface area contributed by atoms with Crippen molar-refractivity contribution in [3.63, 3.8) is 0 Å². The van der Waals surface area contributed by atoms with Crippen LogP contribution in [0.5, 0.6) is 11.5 Å². The summed E-state index contributed by atoms with van der Waals surface area (Å²) in [6.45, 7) is 0.765. The van der Waals surface area contributed by atoms with Gasteiger partial charge in [0.15, 0.2) is 0 Å². The molecule has 1 atom stereocenters. The van der Waals surface area contributed by atoms with Gasteiger partial charge in [-0.2, -0.15) is 13.1 Å². The first-order valence-corrected chi connectivity index (χ1v) is 8.08. The van der Waals surface area contributed by atoms with E-state index < -0.39 is 16.4 Å². The van der Waals surface area contributed by atoms with E-state index in [9.17, 15) is 8.42 Å². The van der Waals surface area contributed by atoms with Crippen molar-refractivity contribution in [2.24, 2.45) is 4.40 Å². The Labute approximate surface area is 123 Å². The van der Waals surface area contributed by atoms with Crippen molar-refractivity contribution >= 4 is 16.0 Å². The molecule has 2 aliphatic rings. The molecule has 1 aromatic rings. The van der Waals surface area contributed by atoms with Crippen molar-refractivity contribution < 1.29 is 17.9 Å². The zero-order valence-corrected chi connectivity index (χ0v) is 12.7. The molecule has 7 nitrogen and oxygen atoms in total. The Kier molecular flexibility index (Phi) is 3.50.